The molecular formula is C16H18N2. The second kappa shape index (κ2) is 4.81. The number of aryl methyl sites for hydroxylation is 1. The van der Waals surface area contributed by atoms with Crippen molar-refractivity contribution in [3.8, 4) is 0 Å². The fourth-order valence-corrected chi connectivity index (χ4v) is 2.18. The van der Waals surface area contributed by atoms with Gasteiger partial charge in [0.15, 0.2) is 0 Å². The van der Waals surface area contributed by atoms with Crippen LogP contribution in [0.25, 0.3) is 0 Å². The maximum atomic E-state index is 4.47. The Balaban J connectivity index is 1.62. The minimum absolute atomic E-state index is 0.781. The van der Waals surface area contributed by atoms with Crippen LogP contribution in [0, 0.1) is 6.92 Å². The van der Waals surface area contributed by atoms with E-state index in [0.717, 1.165) is 18.3 Å². The summed E-state index contributed by atoms with van der Waals surface area (Å²) in [4.78, 5) is 4.47. The number of nitrogens with zero attached hydrogens (tertiary/aromatic N) is 1. The number of pyridine rings is 1. The monoisotopic (exact) mass is 238 g/mol. The Bertz CT molecular complexity index is 527. The summed E-state index contributed by atoms with van der Waals surface area (Å²) in [5.74, 6) is 1.74. The lowest BCUT2D eigenvalue weighted by atomic mass is 10.1. The average molecular weight is 238 g/mol. The normalized spacial score (nSPS) is 14.5. The Morgan fingerprint density at radius 2 is 2.11 bits per heavy atom. The fourth-order valence-electron chi connectivity index (χ4n) is 2.18. The molecule has 1 N–H and O–H groups in total. The van der Waals surface area contributed by atoms with Crippen LogP contribution in [0.1, 0.15) is 35.4 Å². The first kappa shape index (κ1) is 11.3. The molecule has 2 heteroatoms. The van der Waals surface area contributed by atoms with Crippen molar-refractivity contribution in [1.29, 1.82) is 0 Å². The van der Waals surface area contributed by atoms with Gasteiger partial charge in [-0.1, -0.05) is 35.9 Å². The van der Waals surface area contributed by atoms with Crippen molar-refractivity contribution in [3.05, 3.63) is 59.3 Å². The lowest BCUT2D eigenvalue weighted by molar-refractivity contribution is 1.06. The van der Waals surface area contributed by atoms with Crippen molar-refractivity contribution < 1.29 is 0 Å². The molecule has 0 amide bonds. The number of hydrogen-bond acceptors (Lipinski definition) is 2. The third-order valence-corrected chi connectivity index (χ3v) is 3.39. The molecule has 1 aromatic carbocycles. The maximum Gasteiger partial charge on any atom is 0.126 e. The van der Waals surface area contributed by atoms with Crippen molar-refractivity contribution in [1.82, 2.24) is 4.98 Å². The highest BCUT2D eigenvalue weighted by Gasteiger charge is 2.23. The van der Waals surface area contributed by atoms with Gasteiger partial charge in [-0.05, 0) is 42.9 Å². The van der Waals surface area contributed by atoms with E-state index in [1.54, 1.807) is 0 Å². The zero-order valence-electron chi connectivity index (χ0n) is 10.7. The SMILES string of the molecule is Cc1cccc(CNc2ccc(C3CC3)cn2)c1. The fraction of sp³-hybridized carbons (Fsp3) is 0.312. The molecule has 0 spiro atoms. The van der Waals surface area contributed by atoms with Crippen LogP contribution in [0.5, 0.6) is 0 Å². The molecule has 92 valence electrons. The van der Waals surface area contributed by atoms with Crippen LogP contribution in [0.3, 0.4) is 0 Å². The highest BCUT2D eigenvalue weighted by Crippen LogP contribution is 2.39. The Hall–Kier alpha value is -1.83. The molecule has 1 fully saturated rings. The van der Waals surface area contributed by atoms with Gasteiger partial charge in [-0.15, -0.1) is 0 Å². The van der Waals surface area contributed by atoms with E-state index < -0.39 is 0 Å². The summed E-state index contributed by atoms with van der Waals surface area (Å²) in [7, 11) is 0. The lowest BCUT2D eigenvalue weighted by Gasteiger charge is -2.07. The molecule has 3 rings (SSSR count). The molecule has 2 nitrogen and oxygen atoms in total. The molecule has 0 saturated heterocycles. The Morgan fingerprint density at radius 3 is 2.78 bits per heavy atom. The predicted molar refractivity (Wildman–Crippen MR) is 74.7 cm³/mol. The van der Waals surface area contributed by atoms with Crippen LogP contribution in [0.2, 0.25) is 0 Å². The molecule has 1 heterocycles. The Morgan fingerprint density at radius 1 is 1.22 bits per heavy atom. The average Bonchev–Trinajstić information content (AvgIpc) is 3.21. The molecule has 18 heavy (non-hydrogen) atoms. The molecule has 1 saturated carbocycles. The second-order valence-corrected chi connectivity index (χ2v) is 5.09. The highest BCUT2D eigenvalue weighted by molar-refractivity contribution is 5.38. The zero-order chi connectivity index (χ0) is 12.4. The summed E-state index contributed by atoms with van der Waals surface area (Å²) >= 11 is 0. The third kappa shape index (κ3) is 2.70. The molecule has 1 aliphatic rings. The first-order valence-electron chi connectivity index (χ1n) is 6.56. The smallest absolute Gasteiger partial charge is 0.126 e. The van der Waals surface area contributed by atoms with Crippen molar-refractivity contribution in [2.45, 2.75) is 32.2 Å². The van der Waals surface area contributed by atoms with Crippen molar-refractivity contribution in [2.24, 2.45) is 0 Å². The van der Waals surface area contributed by atoms with Gasteiger partial charge in [-0.2, -0.15) is 0 Å². The van der Waals surface area contributed by atoms with E-state index in [0.29, 0.717) is 0 Å². The van der Waals surface area contributed by atoms with Gasteiger partial charge in [-0.25, -0.2) is 4.98 Å². The van der Waals surface area contributed by atoms with Gasteiger partial charge in [0, 0.05) is 12.7 Å². The molecule has 0 bridgehead atoms. The largest absolute Gasteiger partial charge is 0.366 e. The maximum absolute atomic E-state index is 4.47. The highest BCUT2D eigenvalue weighted by atomic mass is 15.0. The molecule has 0 atom stereocenters. The topological polar surface area (TPSA) is 24.9 Å². The standard InChI is InChI=1S/C16H18N2/c1-12-3-2-4-13(9-12)10-17-16-8-7-15(11-18-16)14-5-6-14/h2-4,7-9,11,14H,5-6,10H2,1H3,(H,17,18). The zero-order valence-corrected chi connectivity index (χ0v) is 10.7. The number of hydrogen-bond donors (Lipinski definition) is 1. The van der Waals surface area contributed by atoms with Crippen LogP contribution >= 0.6 is 0 Å². The van der Waals surface area contributed by atoms with Crippen LogP contribution in [-0.2, 0) is 6.54 Å². The van der Waals surface area contributed by atoms with E-state index in [-0.39, 0.29) is 0 Å². The summed E-state index contributed by atoms with van der Waals surface area (Å²) in [6.07, 6.45) is 4.67. The summed E-state index contributed by atoms with van der Waals surface area (Å²) in [5.41, 5.74) is 3.98. The van der Waals surface area contributed by atoms with Gasteiger partial charge in [0.05, 0.1) is 0 Å². The molecule has 0 unspecified atom stereocenters. The minimum atomic E-state index is 0.781. The van der Waals surface area contributed by atoms with E-state index >= 15 is 0 Å². The van der Waals surface area contributed by atoms with E-state index in [9.17, 15) is 0 Å². The van der Waals surface area contributed by atoms with Gasteiger partial charge >= 0.3 is 0 Å². The van der Waals surface area contributed by atoms with Gasteiger partial charge in [-0.3, -0.25) is 0 Å². The molecule has 1 aromatic heterocycles. The van der Waals surface area contributed by atoms with Crippen molar-refractivity contribution in [3.63, 3.8) is 0 Å². The number of aromatic nitrogens is 1. The molecular weight excluding hydrogens is 220 g/mol. The second-order valence-electron chi connectivity index (χ2n) is 5.09. The molecule has 2 aromatic rings. The summed E-state index contributed by atoms with van der Waals surface area (Å²) in [5, 5.41) is 3.36. The number of nitrogens with one attached hydrogen (secondary N) is 1. The Labute approximate surface area is 108 Å². The molecule has 0 aliphatic heterocycles. The first-order valence-corrected chi connectivity index (χ1v) is 6.56. The van der Waals surface area contributed by atoms with Crippen molar-refractivity contribution in [2.75, 3.05) is 5.32 Å². The number of benzene rings is 1. The van der Waals surface area contributed by atoms with Gasteiger partial charge in [0.25, 0.3) is 0 Å². The number of rotatable bonds is 4. The first-order chi connectivity index (χ1) is 8.81. The Kier molecular flexibility index (Phi) is 3.01. The van der Waals surface area contributed by atoms with Crippen LogP contribution < -0.4 is 5.32 Å². The summed E-state index contributed by atoms with van der Waals surface area (Å²) in [6.45, 7) is 2.95. The third-order valence-electron chi connectivity index (χ3n) is 3.39. The van der Waals surface area contributed by atoms with Crippen LogP contribution in [0.15, 0.2) is 42.6 Å². The summed E-state index contributed by atoms with van der Waals surface area (Å²) in [6, 6.07) is 12.8. The van der Waals surface area contributed by atoms with E-state index in [1.165, 1.54) is 29.5 Å². The molecule has 1 aliphatic carbocycles. The quantitative estimate of drug-likeness (QED) is 0.874. The van der Waals surface area contributed by atoms with E-state index in [2.05, 4.69) is 53.6 Å². The van der Waals surface area contributed by atoms with Gasteiger partial charge in [0.2, 0.25) is 0 Å². The van der Waals surface area contributed by atoms with Crippen LogP contribution in [-0.4, -0.2) is 4.98 Å². The lowest BCUT2D eigenvalue weighted by Crippen LogP contribution is -2.01. The van der Waals surface area contributed by atoms with E-state index in [4.69, 9.17) is 0 Å². The van der Waals surface area contributed by atoms with Crippen molar-refractivity contribution >= 4 is 5.82 Å². The van der Waals surface area contributed by atoms with Crippen LogP contribution in [0.4, 0.5) is 5.82 Å². The number of anilines is 1. The van der Waals surface area contributed by atoms with E-state index in [1.807, 2.05) is 6.20 Å². The van der Waals surface area contributed by atoms with Gasteiger partial charge in [0.1, 0.15) is 5.82 Å². The minimum Gasteiger partial charge on any atom is -0.366 e. The summed E-state index contributed by atoms with van der Waals surface area (Å²) < 4.78 is 0. The predicted octanol–water partition coefficient (Wildman–Crippen LogP) is 3.88. The molecule has 0 radical (unpaired) electrons. The van der Waals surface area contributed by atoms with Gasteiger partial charge < -0.3 is 5.32 Å².